The van der Waals surface area contributed by atoms with Gasteiger partial charge in [0, 0.05) is 30.2 Å². The van der Waals surface area contributed by atoms with Crippen LogP contribution in [-0.2, 0) is 4.79 Å². The summed E-state index contributed by atoms with van der Waals surface area (Å²) in [6.45, 7) is 6.43. The van der Waals surface area contributed by atoms with Crippen molar-refractivity contribution in [1.82, 2.24) is 14.9 Å². The van der Waals surface area contributed by atoms with Gasteiger partial charge in [-0.25, -0.2) is 14.4 Å². The fourth-order valence-corrected chi connectivity index (χ4v) is 5.07. The van der Waals surface area contributed by atoms with Crippen LogP contribution in [0.4, 0.5) is 21.6 Å². The molecule has 0 bridgehead atoms. The van der Waals surface area contributed by atoms with Crippen LogP contribution >= 0.6 is 11.6 Å². The van der Waals surface area contributed by atoms with Crippen LogP contribution in [0.1, 0.15) is 6.42 Å². The van der Waals surface area contributed by atoms with Gasteiger partial charge in [-0.3, -0.25) is 4.79 Å². The van der Waals surface area contributed by atoms with Crippen LogP contribution < -0.4 is 15.4 Å². The SMILES string of the molecule is C=CC(=O)Nc1cc2c(Nc3ccc(F)c(Cl)c3)ncnc2cc1OCCC1C2CN(C)CC12. The molecule has 7 nitrogen and oxygen atoms in total. The molecule has 3 aromatic rings. The molecular weight excluding hydrogens is 457 g/mol. The van der Waals surface area contributed by atoms with E-state index in [1.807, 2.05) is 0 Å². The summed E-state index contributed by atoms with van der Waals surface area (Å²) < 4.78 is 19.7. The van der Waals surface area contributed by atoms with Crippen molar-refractivity contribution in [3.05, 3.63) is 60.2 Å². The number of amides is 1. The first kappa shape index (κ1) is 22.6. The Morgan fingerprint density at radius 1 is 1.29 bits per heavy atom. The Labute approximate surface area is 202 Å². The van der Waals surface area contributed by atoms with Gasteiger partial charge in [0.05, 0.1) is 22.8 Å². The van der Waals surface area contributed by atoms with E-state index in [-0.39, 0.29) is 10.9 Å². The second kappa shape index (κ2) is 9.19. The Hall–Kier alpha value is -3.23. The number of likely N-dealkylation sites (tertiary alicyclic amines) is 1. The lowest BCUT2D eigenvalue weighted by atomic mass is 10.1. The van der Waals surface area contributed by atoms with Crippen LogP contribution in [0.3, 0.4) is 0 Å². The van der Waals surface area contributed by atoms with Gasteiger partial charge in [-0.15, -0.1) is 0 Å². The van der Waals surface area contributed by atoms with Crippen molar-refractivity contribution in [1.29, 1.82) is 0 Å². The topological polar surface area (TPSA) is 79.4 Å². The van der Waals surface area contributed by atoms with Gasteiger partial charge in [0.15, 0.2) is 0 Å². The van der Waals surface area contributed by atoms with E-state index in [0.29, 0.717) is 46.4 Å². The highest BCUT2D eigenvalue weighted by atomic mass is 35.5. The molecule has 1 amide bonds. The molecule has 176 valence electrons. The maximum Gasteiger partial charge on any atom is 0.247 e. The summed E-state index contributed by atoms with van der Waals surface area (Å²) >= 11 is 5.91. The fourth-order valence-electron chi connectivity index (χ4n) is 4.89. The first-order valence-corrected chi connectivity index (χ1v) is 11.6. The monoisotopic (exact) mass is 481 g/mol. The molecule has 0 radical (unpaired) electrons. The molecule has 34 heavy (non-hydrogen) atoms. The highest BCUT2D eigenvalue weighted by Gasteiger charge is 2.53. The lowest BCUT2D eigenvalue weighted by Crippen LogP contribution is -2.19. The van der Waals surface area contributed by atoms with Crippen molar-refractivity contribution >= 4 is 45.6 Å². The number of aromatic nitrogens is 2. The average molecular weight is 482 g/mol. The third-order valence-electron chi connectivity index (χ3n) is 6.62. The van der Waals surface area contributed by atoms with Crippen molar-refractivity contribution in [2.75, 3.05) is 37.4 Å². The summed E-state index contributed by atoms with van der Waals surface area (Å²) in [5.41, 5.74) is 1.72. The van der Waals surface area contributed by atoms with E-state index in [1.54, 1.807) is 18.2 Å². The first-order valence-electron chi connectivity index (χ1n) is 11.2. The molecule has 5 rings (SSSR count). The predicted molar refractivity (Wildman–Crippen MR) is 131 cm³/mol. The van der Waals surface area contributed by atoms with Crippen LogP contribution in [0.5, 0.6) is 5.75 Å². The Bertz CT molecular complexity index is 1260. The normalized spacial score (nSPS) is 21.2. The highest BCUT2D eigenvalue weighted by molar-refractivity contribution is 6.31. The van der Waals surface area contributed by atoms with E-state index in [9.17, 15) is 9.18 Å². The van der Waals surface area contributed by atoms with Crippen molar-refractivity contribution < 1.29 is 13.9 Å². The highest BCUT2D eigenvalue weighted by Crippen LogP contribution is 2.53. The van der Waals surface area contributed by atoms with Gasteiger partial charge in [0.1, 0.15) is 23.7 Å². The molecule has 2 aromatic carbocycles. The lowest BCUT2D eigenvalue weighted by Gasteiger charge is -2.16. The number of nitrogens with one attached hydrogen (secondary N) is 2. The van der Waals surface area contributed by atoms with E-state index in [2.05, 4.69) is 39.1 Å². The van der Waals surface area contributed by atoms with Crippen LogP contribution in [-0.4, -0.2) is 47.5 Å². The second-order valence-corrected chi connectivity index (χ2v) is 9.29. The summed E-state index contributed by atoms with van der Waals surface area (Å²) in [6, 6.07) is 7.88. The van der Waals surface area contributed by atoms with Crippen LogP contribution in [0.2, 0.25) is 5.02 Å². The number of rotatable bonds is 8. The summed E-state index contributed by atoms with van der Waals surface area (Å²) in [5.74, 6) is 2.46. The second-order valence-electron chi connectivity index (χ2n) is 8.88. The molecule has 2 N–H and O–H groups in total. The Morgan fingerprint density at radius 3 is 2.82 bits per heavy atom. The first-order chi connectivity index (χ1) is 16.4. The number of benzene rings is 2. The minimum Gasteiger partial charge on any atom is -0.491 e. The quantitative estimate of drug-likeness (QED) is 0.447. The van der Waals surface area contributed by atoms with Crippen LogP contribution in [0, 0.1) is 23.6 Å². The average Bonchev–Trinajstić information content (AvgIpc) is 3.27. The summed E-state index contributed by atoms with van der Waals surface area (Å²) in [6.07, 6.45) is 3.62. The molecule has 2 unspecified atom stereocenters. The van der Waals surface area contributed by atoms with Crippen LogP contribution in [0.25, 0.3) is 10.9 Å². The zero-order valence-corrected chi connectivity index (χ0v) is 19.5. The van der Waals surface area contributed by atoms with Gasteiger partial charge >= 0.3 is 0 Å². The van der Waals surface area contributed by atoms with E-state index < -0.39 is 5.82 Å². The number of carbonyl (C=O) groups is 1. The number of nitrogens with zero attached hydrogens (tertiary/aromatic N) is 3. The molecule has 0 spiro atoms. The fraction of sp³-hybridized carbons (Fsp3) is 0.320. The van der Waals surface area contributed by atoms with Gasteiger partial charge in [-0.2, -0.15) is 0 Å². The Morgan fingerprint density at radius 2 is 2.09 bits per heavy atom. The number of hydrogen-bond acceptors (Lipinski definition) is 6. The van der Waals surface area contributed by atoms with Crippen molar-refractivity contribution in [2.45, 2.75) is 6.42 Å². The Kier molecular flexibility index (Phi) is 6.10. The van der Waals surface area contributed by atoms with Gasteiger partial charge in [0.2, 0.25) is 5.91 Å². The number of piperidine rings is 1. The largest absolute Gasteiger partial charge is 0.491 e. The molecule has 1 saturated carbocycles. The minimum atomic E-state index is -0.502. The molecule has 2 atom stereocenters. The van der Waals surface area contributed by atoms with Crippen molar-refractivity contribution in [3.8, 4) is 5.75 Å². The molecule has 2 fully saturated rings. The number of anilines is 3. The van der Waals surface area contributed by atoms with Crippen molar-refractivity contribution in [2.24, 2.45) is 17.8 Å². The maximum atomic E-state index is 13.5. The molecule has 1 aliphatic heterocycles. The summed E-state index contributed by atoms with van der Waals surface area (Å²) in [4.78, 5) is 23.2. The minimum absolute atomic E-state index is 0.00410. The van der Waals surface area contributed by atoms with Gasteiger partial charge in [-0.05, 0) is 61.6 Å². The molecular formula is C25H25ClFN5O2. The van der Waals surface area contributed by atoms with E-state index in [0.717, 1.165) is 31.3 Å². The smallest absolute Gasteiger partial charge is 0.247 e. The number of ether oxygens (including phenoxy) is 1. The standard InChI is InChI=1S/C25H25ClFN5O2/c1-3-24(33)31-22-9-16-21(10-23(22)34-7-6-15-17-11-32(2)12-18(15)17)28-13-29-25(16)30-14-4-5-20(27)19(26)8-14/h3-5,8-10,13,15,17-18H,1,6-7,11-12H2,2H3,(H,31,33)(H,28,29,30). The number of hydrogen-bond donors (Lipinski definition) is 2. The summed E-state index contributed by atoms with van der Waals surface area (Å²) in [5, 5.41) is 6.62. The third kappa shape index (κ3) is 4.56. The maximum absolute atomic E-state index is 13.5. The van der Waals surface area contributed by atoms with Crippen molar-refractivity contribution in [3.63, 3.8) is 0 Å². The number of carbonyl (C=O) groups excluding carboxylic acids is 1. The molecule has 2 heterocycles. The molecule has 2 aliphatic rings. The Balaban J connectivity index is 1.39. The lowest BCUT2D eigenvalue weighted by molar-refractivity contribution is -0.111. The van der Waals surface area contributed by atoms with Gasteiger partial charge in [0.25, 0.3) is 0 Å². The predicted octanol–water partition coefficient (Wildman–Crippen LogP) is 4.87. The van der Waals surface area contributed by atoms with E-state index in [1.165, 1.54) is 24.5 Å². The zero-order chi connectivity index (χ0) is 23.8. The molecule has 9 heteroatoms. The zero-order valence-electron chi connectivity index (χ0n) is 18.7. The summed E-state index contributed by atoms with van der Waals surface area (Å²) in [7, 11) is 2.17. The third-order valence-corrected chi connectivity index (χ3v) is 6.91. The van der Waals surface area contributed by atoms with Crippen LogP contribution in [0.15, 0.2) is 49.3 Å². The van der Waals surface area contributed by atoms with E-state index >= 15 is 0 Å². The van der Waals surface area contributed by atoms with Gasteiger partial charge < -0.3 is 20.3 Å². The molecule has 1 saturated heterocycles. The van der Waals surface area contributed by atoms with Gasteiger partial charge in [-0.1, -0.05) is 18.2 Å². The number of halogens is 2. The molecule has 1 aromatic heterocycles. The molecule has 1 aliphatic carbocycles. The number of fused-ring (bicyclic) bond motifs is 2. The van der Waals surface area contributed by atoms with E-state index in [4.69, 9.17) is 16.3 Å².